The van der Waals surface area contributed by atoms with Crippen molar-refractivity contribution in [3.05, 3.63) is 82.7 Å². The first kappa shape index (κ1) is 19.6. The summed E-state index contributed by atoms with van der Waals surface area (Å²) < 4.78 is 2.37. The van der Waals surface area contributed by atoms with E-state index in [9.17, 15) is 4.79 Å². The van der Waals surface area contributed by atoms with Crippen LogP contribution < -0.4 is 10.6 Å². The molecule has 0 radical (unpaired) electrons. The number of carbonyl (C=O) groups excluding carboxylic acids is 1. The molecule has 8 heteroatoms. The molecule has 2 aromatic heterocycles. The summed E-state index contributed by atoms with van der Waals surface area (Å²) in [6, 6.07) is 18.8. The van der Waals surface area contributed by atoms with Crippen LogP contribution in [-0.2, 0) is 13.1 Å². The zero-order chi connectivity index (χ0) is 20.9. The van der Waals surface area contributed by atoms with Gasteiger partial charge in [0.05, 0.1) is 23.3 Å². The third-order valence-corrected chi connectivity index (χ3v) is 5.00. The van der Waals surface area contributed by atoms with Crippen molar-refractivity contribution in [3.8, 4) is 6.07 Å². The number of rotatable bonds is 6. The topological polar surface area (TPSA) is 95.6 Å². The van der Waals surface area contributed by atoms with Crippen LogP contribution in [0.4, 0.5) is 11.4 Å². The normalized spacial score (nSPS) is 10.5. The molecule has 0 aliphatic carbocycles. The number of halogens is 1. The number of aromatic nitrogens is 3. The first-order chi connectivity index (χ1) is 14.6. The lowest BCUT2D eigenvalue weighted by Crippen LogP contribution is -2.15. The molecule has 0 unspecified atom stereocenters. The Morgan fingerprint density at radius 3 is 2.87 bits per heavy atom. The van der Waals surface area contributed by atoms with Crippen LogP contribution in [0.1, 0.15) is 15.9 Å². The van der Waals surface area contributed by atoms with Gasteiger partial charge in [-0.1, -0.05) is 12.1 Å². The molecule has 0 spiro atoms. The fourth-order valence-electron chi connectivity index (χ4n) is 3.12. The minimum atomic E-state index is -0.222. The Kier molecular flexibility index (Phi) is 5.72. The van der Waals surface area contributed by atoms with Crippen molar-refractivity contribution < 1.29 is 4.79 Å². The number of nitriles is 1. The Bertz CT molecular complexity index is 1260. The van der Waals surface area contributed by atoms with Gasteiger partial charge in [-0.3, -0.25) is 9.48 Å². The molecule has 0 aliphatic heterocycles. The van der Waals surface area contributed by atoms with Gasteiger partial charge in [0.1, 0.15) is 11.1 Å². The summed E-state index contributed by atoms with van der Waals surface area (Å²) in [7, 11) is 0. The molecule has 0 saturated carbocycles. The lowest BCUT2D eigenvalue weighted by Gasteiger charge is -2.13. The monoisotopic (exact) mass is 460 g/mol. The van der Waals surface area contributed by atoms with Crippen LogP contribution >= 0.6 is 15.9 Å². The van der Waals surface area contributed by atoms with Crippen molar-refractivity contribution in [1.82, 2.24) is 14.8 Å². The summed E-state index contributed by atoms with van der Waals surface area (Å²) in [6.07, 6.45) is 3.43. The molecule has 0 atom stereocenters. The van der Waals surface area contributed by atoms with E-state index < -0.39 is 0 Å². The minimum absolute atomic E-state index is 0.152. The van der Waals surface area contributed by atoms with Crippen molar-refractivity contribution in [3.63, 3.8) is 0 Å². The van der Waals surface area contributed by atoms with Gasteiger partial charge in [0.2, 0.25) is 0 Å². The highest BCUT2D eigenvalue weighted by Gasteiger charge is 2.12. The number of hydrogen-bond donors (Lipinski definition) is 2. The summed E-state index contributed by atoms with van der Waals surface area (Å²) in [6.45, 7) is 0.712. The van der Waals surface area contributed by atoms with Gasteiger partial charge in [0.15, 0.2) is 0 Å². The van der Waals surface area contributed by atoms with E-state index in [0.717, 1.165) is 26.8 Å². The zero-order valence-electron chi connectivity index (χ0n) is 15.8. The molecular formula is C22H17BrN6O. The largest absolute Gasteiger partial charge is 0.380 e. The number of nitrogens with one attached hydrogen (secondary N) is 2. The first-order valence-electron chi connectivity index (χ1n) is 9.21. The molecule has 7 nitrogen and oxygen atoms in total. The fraction of sp³-hybridized carbons (Fsp3) is 0.0909. The van der Waals surface area contributed by atoms with Gasteiger partial charge in [-0.2, -0.15) is 10.4 Å². The summed E-state index contributed by atoms with van der Waals surface area (Å²) >= 11 is 3.37. The Balaban J connectivity index is 1.53. The number of para-hydroxylation sites is 1. The number of benzene rings is 2. The van der Waals surface area contributed by atoms with Gasteiger partial charge in [0, 0.05) is 29.5 Å². The van der Waals surface area contributed by atoms with Crippen molar-refractivity contribution in [2.24, 2.45) is 0 Å². The Hall–Kier alpha value is -3.70. The fourth-order valence-corrected chi connectivity index (χ4v) is 3.54. The number of fused-ring (bicyclic) bond motifs is 1. The number of carbonyl (C=O) groups is 1. The molecular weight excluding hydrogens is 444 g/mol. The zero-order valence-corrected chi connectivity index (χ0v) is 17.4. The van der Waals surface area contributed by atoms with Gasteiger partial charge >= 0.3 is 0 Å². The maximum Gasteiger partial charge on any atom is 0.257 e. The van der Waals surface area contributed by atoms with Gasteiger partial charge in [-0.15, -0.1) is 0 Å². The number of nitrogens with zero attached hydrogens (tertiary/aromatic N) is 4. The molecule has 2 aromatic carbocycles. The SMILES string of the molecule is N#CCn1ncc2ccc(NC(=O)c3ccccc3NCc3ccnc(Br)c3)cc21. The second-order valence-corrected chi connectivity index (χ2v) is 7.39. The summed E-state index contributed by atoms with van der Waals surface area (Å²) in [5.41, 5.74) is 3.75. The molecule has 2 heterocycles. The first-order valence-corrected chi connectivity index (χ1v) is 10.0. The van der Waals surface area contributed by atoms with Crippen molar-refractivity contribution in [1.29, 1.82) is 5.26 Å². The number of amides is 1. The summed E-state index contributed by atoms with van der Waals surface area (Å²) in [4.78, 5) is 17.1. The second kappa shape index (κ2) is 8.76. The highest BCUT2D eigenvalue weighted by Crippen LogP contribution is 2.22. The molecule has 4 aromatic rings. The van der Waals surface area contributed by atoms with Crippen molar-refractivity contribution >= 4 is 44.1 Å². The van der Waals surface area contributed by atoms with Crippen LogP contribution in [0.5, 0.6) is 0 Å². The third-order valence-electron chi connectivity index (χ3n) is 4.57. The molecule has 1 amide bonds. The van der Waals surface area contributed by atoms with Crippen LogP contribution in [0.2, 0.25) is 0 Å². The van der Waals surface area contributed by atoms with Crippen LogP contribution in [0.15, 0.2) is 71.6 Å². The van der Waals surface area contributed by atoms with E-state index in [1.807, 2.05) is 48.5 Å². The molecule has 0 bridgehead atoms. The Morgan fingerprint density at radius 2 is 2.03 bits per heavy atom. The molecule has 2 N–H and O–H groups in total. The van der Waals surface area contributed by atoms with Gasteiger partial charge < -0.3 is 10.6 Å². The molecule has 0 aliphatic rings. The lowest BCUT2D eigenvalue weighted by molar-refractivity contribution is 0.102. The van der Waals surface area contributed by atoms with Gasteiger partial charge in [-0.05, 0) is 64.0 Å². The van der Waals surface area contributed by atoms with Crippen LogP contribution in [0.25, 0.3) is 10.9 Å². The third kappa shape index (κ3) is 4.31. The smallest absolute Gasteiger partial charge is 0.257 e. The van der Waals surface area contributed by atoms with Gasteiger partial charge in [-0.25, -0.2) is 4.98 Å². The predicted molar refractivity (Wildman–Crippen MR) is 119 cm³/mol. The van der Waals surface area contributed by atoms with E-state index in [0.29, 0.717) is 17.8 Å². The standard InChI is InChI=1S/C22H17BrN6O/c23-21-11-15(7-9-25-21)13-26-19-4-2-1-3-18(19)22(30)28-17-6-5-16-14-27-29(10-8-24)20(16)12-17/h1-7,9,11-12,14,26H,10,13H2,(H,28,30). The maximum atomic E-state index is 12.9. The number of hydrogen-bond acceptors (Lipinski definition) is 5. The maximum absolute atomic E-state index is 12.9. The average molecular weight is 461 g/mol. The molecule has 0 saturated heterocycles. The van der Waals surface area contributed by atoms with Gasteiger partial charge in [0.25, 0.3) is 5.91 Å². The quantitative estimate of drug-likeness (QED) is 0.410. The van der Waals surface area contributed by atoms with Crippen LogP contribution in [-0.4, -0.2) is 20.7 Å². The van der Waals surface area contributed by atoms with Crippen LogP contribution in [0, 0.1) is 11.3 Å². The van der Waals surface area contributed by atoms with Crippen LogP contribution in [0.3, 0.4) is 0 Å². The second-order valence-electron chi connectivity index (χ2n) is 6.57. The summed E-state index contributed by atoms with van der Waals surface area (Å²) in [5.74, 6) is -0.222. The molecule has 30 heavy (non-hydrogen) atoms. The summed E-state index contributed by atoms with van der Waals surface area (Å²) in [5, 5.41) is 20.3. The predicted octanol–water partition coefficient (Wildman–Crippen LogP) is 4.58. The highest BCUT2D eigenvalue weighted by atomic mass is 79.9. The van der Waals surface area contributed by atoms with E-state index in [4.69, 9.17) is 5.26 Å². The molecule has 4 rings (SSSR count). The van der Waals surface area contributed by atoms with Crippen molar-refractivity contribution in [2.75, 3.05) is 10.6 Å². The van der Waals surface area contributed by atoms with E-state index in [2.05, 4.69) is 42.7 Å². The van der Waals surface area contributed by atoms with Crippen molar-refractivity contribution in [2.45, 2.75) is 13.1 Å². The highest BCUT2D eigenvalue weighted by molar-refractivity contribution is 9.10. The Morgan fingerprint density at radius 1 is 1.17 bits per heavy atom. The average Bonchev–Trinajstić information content (AvgIpc) is 3.15. The van der Waals surface area contributed by atoms with E-state index >= 15 is 0 Å². The number of anilines is 2. The van der Waals surface area contributed by atoms with E-state index in [-0.39, 0.29) is 12.5 Å². The minimum Gasteiger partial charge on any atom is -0.380 e. The van der Waals surface area contributed by atoms with E-state index in [1.165, 1.54) is 0 Å². The van der Waals surface area contributed by atoms with E-state index in [1.54, 1.807) is 23.1 Å². The Labute approximate surface area is 181 Å². The molecule has 0 fully saturated rings. The molecule has 148 valence electrons. The lowest BCUT2D eigenvalue weighted by atomic mass is 10.1. The number of pyridine rings is 1.